The molecular formula is C14H11Cl2F3N4OS. The number of amidine groups is 1. The number of nitriles is 1. The Morgan fingerprint density at radius 3 is 2.28 bits per heavy atom. The third-order valence-electron chi connectivity index (χ3n) is 2.68. The highest BCUT2D eigenvalue weighted by Gasteiger charge is 2.42. The molecule has 1 rings (SSSR count). The minimum absolute atomic E-state index is 0.0000277. The van der Waals surface area contributed by atoms with Gasteiger partial charge in [0.2, 0.25) is 0 Å². The van der Waals surface area contributed by atoms with Crippen LogP contribution in [0.3, 0.4) is 0 Å². The van der Waals surface area contributed by atoms with Crippen LogP contribution in [0.15, 0.2) is 40.4 Å². The molecule has 4 N–H and O–H groups in total. The molecule has 0 aromatic heterocycles. The summed E-state index contributed by atoms with van der Waals surface area (Å²) in [6.07, 6.45) is 2.05. The first kappa shape index (κ1) is 21.0. The van der Waals surface area contributed by atoms with Gasteiger partial charge in [0.05, 0.1) is 10.0 Å². The lowest BCUT2D eigenvalue weighted by molar-refractivity contribution is -0.0376. The van der Waals surface area contributed by atoms with Gasteiger partial charge in [-0.15, -0.1) is 6.58 Å². The van der Waals surface area contributed by atoms with Crippen LogP contribution < -0.4 is 11.5 Å². The Kier molecular flexibility index (Phi) is 7.05. The van der Waals surface area contributed by atoms with Gasteiger partial charge in [-0.3, -0.25) is 0 Å². The maximum atomic E-state index is 12.7. The molecule has 1 aromatic rings. The summed E-state index contributed by atoms with van der Waals surface area (Å²) in [6, 6.07) is 4.21. The van der Waals surface area contributed by atoms with Gasteiger partial charge in [-0.2, -0.15) is 18.4 Å². The third kappa shape index (κ3) is 5.22. The average molecular weight is 411 g/mol. The molecule has 0 bridgehead atoms. The van der Waals surface area contributed by atoms with E-state index >= 15 is 0 Å². The molecule has 0 fully saturated rings. The number of alkyl halides is 3. The van der Waals surface area contributed by atoms with Gasteiger partial charge in [0, 0.05) is 0 Å². The summed E-state index contributed by atoms with van der Waals surface area (Å²) in [5, 5.41) is 8.73. The maximum absolute atomic E-state index is 12.7. The molecule has 0 heterocycles. The van der Waals surface area contributed by atoms with Crippen LogP contribution in [0.25, 0.3) is 0 Å². The van der Waals surface area contributed by atoms with E-state index in [1.165, 1.54) is 18.2 Å². The van der Waals surface area contributed by atoms with Crippen molar-refractivity contribution >= 4 is 45.5 Å². The number of benzene rings is 1. The van der Waals surface area contributed by atoms with Gasteiger partial charge in [-0.25, -0.2) is 9.20 Å². The predicted molar refractivity (Wildman–Crippen MR) is 92.7 cm³/mol. The monoisotopic (exact) mass is 410 g/mol. The fraction of sp³-hybridized carbons (Fsp3) is 0.143. The Bertz CT molecular complexity index is 805. The Balaban J connectivity index is 3.51. The average Bonchev–Trinajstić information content (AvgIpc) is 2.50. The van der Waals surface area contributed by atoms with E-state index in [4.69, 9.17) is 39.9 Å². The number of aliphatic imine (C=N–C) groups is 1. The molecular weight excluding hydrogens is 400 g/mol. The molecule has 0 radical (unpaired) electrons. The largest absolute Gasteiger partial charge is 0.476 e. The van der Waals surface area contributed by atoms with Gasteiger partial charge in [0.25, 0.3) is 0 Å². The van der Waals surface area contributed by atoms with E-state index in [2.05, 4.69) is 11.6 Å². The molecule has 11 heteroatoms. The zero-order valence-corrected chi connectivity index (χ0v) is 14.7. The van der Waals surface area contributed by atoms with E-state index < -0.39 is 32.7 Å². The fourth-order valence-corrected chi connectivity index (χ4v) is 3.01. The number of halogens is 5. The van der Waals surface area contributed by atoms with Crippen molar-refractivity contribution in [1.29, 1.82) is 5.26 Å². The summed E-state index contributed by atoms with van der Waals surface area (Å²) >= 11 is 12.0. The third-order valence-corrected chi connectivity index (χ3v) is 4.48. The van der Waals surface area contributed by atoms with E-state index in [1.54, 1.807) is 6.08 Å². The molecule has 25 heavy (non-hydrogen) atoms. The highest BCUT2D eigenvalue weighted by Crippen LogP contribution is 2.36. The molecule has 1 aromatic carbocycles. The van der Waals surface area contributed by atoms with Crippen molar-refractivity contribution in [3.63, 3.8) is 0 Å². The Morgan fingerprint density at radius 1 is 1.36 bits per heavy atom. The van der Waals surface area contributed by atoms with Gasteiger partial charge < -0.3 is 11.5 Å². The van der Waals surface area contributed by atoms with E-state index in [9.17, 15) is 17.4 Å². The molecule has 0 amide bonds. The van der Waals surface area contributed by atoms with Crippen LogP contribution >= 0.6 is 23.2 Å². The molecule has 0 aliphatic heterocycles. The van der Waals surface area contributed by atoms with E-state index in [0.717, 1.165) is 0 Å². The molecule has 0 aliphatic carbocycles. The number of rotatable bonds is 5. The van der Waals surface area contributed by atoms with Crippen LogP contribution in [0.5, 0.6) is 0 Å². The zero-order chi connectivity index (χ0) is 19.4. The van der Waals surface area contributed by atoms with Crippen LogP contribution in [0, 0.1) is 11.3 Å². The topological polar surface area (TPSA) is 105 Å². The number of nitrogens with zero attached hydrogens (tertiary/aromatic N) is 2. The summed E-state index contributed by atoms with van der Waals surface area (Å²) in [5.41, 5.74) is 5.07. The van der Waals surface area contributed by atoms with Crippen molar-refractivity contribution in [1.82, 2.24) is 0 Å². The quantitative estimate of drug-likeness (QED) is 0.334. The molecule has 0 spiro atoms. The van der Waals surface area contributed by atoms with Gasteiger partial charge in [-0.1, -0.05) is 29.3 Å². The van der Waals surface area contributed by atoms with E-state index in [0.29, 0.717) is 12.0 Å². The summed E-state index contributed by atoms with van der Waals surface area (Å²) in [4.78, 5) is 2.53. The Hall–Kier alpha value is -2.02. The molecule has 1 atom stereocenters. The van der Waals surface area contributed by atoms with Gasteiger partial charge in [0.1, 0.15) is 28.2 Å². The van der Waals surface area contributed by atoms with Crippen molar-refractivity contribution in [2.75, 3.05) is 0 Å². The van der Waals surface area contributed by atoms with Crippen molar-refractivity contribution in [3.05, 3.63) is 51.0 Å². The number of hydrogen-bond acceptors (Lipinski definition) is 4. The fourth-order valence-electron chi connectivity index (χ4n) is 1.68. The van der Waals surface area contributed by atoms with Crippen LogP contribution in [0.2, 0.25) is 10.0 Å². The second-order valence-corrected chi connectivity index (χ2v) is 6.69. The van der Waals surface area contributed by atoms with E-state index in [1.807, 2.05) is 0 Å². The first-order chi connectivity index (χ1) is 11.5. The second kappa shape index (κ2) is 8.38. The molecule has 5 nitrogen and oxygen atoms in total. The zero-order valence-electron chi connectivity index (χ0n) is 12.4. The highest BCUT2D eigenvalue weighted by molar-refractivity contribution is 7.90. The van der Waals surface area contributed by atoms with E-state index in [-0.39, 0.29) is 15.7 Å². The number of allylic oxidation sites excluding steroid dienone is 2. The second-order valence-electron chi connectivity index (χ2n) is 4.47. The summed E-state index contributed by atoms with van der Waals surface area (Å²) in [6.45, 7) is 3.56. The molecule has 0 saturated heterocycles. The predicted octanol–water partition coefficient (Wildman–Crippen LogP) is 3.67. The molecule has 0 saturated carbocycles. The van der Waals surface area contributed by atoms with Crippen LogP contribution in [-0.4, -0.2) is 15.6 Å². The summed E-state index contributed by atoms with van der Waals surface area (Å²) < 4.78 is 49.7. The highest BCUT2D eigenvalue weighted by atomic mass is 35.5. The van der Waals surface area contributed by atoms with Gasteiger partial charge >= 0.3 is 5.51 Å². The van der Waals surface area contributed by atoms with Crippen molar-refractivity contribution in [3.8, 4) is 6.07 Å². The van der Waals surface area contributed by atoms with Crippen LogP contribution in [-0.2, 0) is 17.2 Å². The first-order valence-electron chi connectivity index (χ1n) is 6.34. The first-order valence-corrected chi connectivity index (χ1v) is 8.25. The van der Waals surface area contributed by atoms with Crippen molar-refractivity contribution < 1.29 is 17.4 Å². The van der Waals surface area contributed by atoms with Gasteiger partial charge in [-0.05, 0) is 24.1 Å². The molecule has 0 aliphatic rings. The van der Waals surface area contributed by atoms with Gasteiger partial charge in [0.15, 0.2) is 10.8 Å². The SMILES string of the molecule is C=CCc1cc(Cl)c(N=C(N)C(=C(N)C#N)S(=O)C(F)(F)F)c(Cl)c1. The minimum atomic E-state index is -5.18. The normalized spacial score (nSPS) is 14.5. The number of hydrogen-bond donors (Lipinski definition) is 2. The summed E-state index contributed by atoms with van der Waals surface area (Å²) in [7, 11) is -3.65. The Morgan fingerprint density at radius 2 is 1.88 bits per heavy atom. The minimum Gasteiger partial charge on any atom is -0.389 e. The maximum Gasteiger partial charge on any atom is 0.476 e. The molecule has 134 valence electrons. The van der Waals surface area contributed by atoms with Crippen molar-refractivity contribution in [2.45, 2.75) is 11.9 Å². The lowest BCUT2D eigenvalue weighted by Crippen LogP contribution is -2.29. The standard InChI is InChI=1S/C14H11Cl2F3N4OS/c1-2-3-7-4-8(15)11(9(16)5-7)23-13(22)12(10(21)6-20)25(24)14(17,18)19/h2,4-5H,1,3,21H2,(H2,22,23). The Labute approximate surface area is 153 Å². The lowest BCUT2D eigenvalue weighted by Gasteiger charge is -2.12. The summed E-state index contributed by atoms with van der Waals surface area (Å²) in [5.74, 6) is -0.880. The smallest absolute Gasteiger partial charge is 0.389 e. The van der Waals surface area contributed by atoms with Crippen LogP contribution in [0.4, 0.5) is 18.9 Å². The lowest BCUT2D eigenvalue weighted by atomic mass is 10.1. The molecule has 1 unspecified atom stereocenters. The van der Waals surface area contributed by atoms with Crippen molar-refractivity contribution in [2.24, 2.45) is 16.5 Å². The number of nitrogens with two attached hydrogens (primary N) is 2. The van der Waals surface area contributed by atoms with Crippen LogP contribution in [0.1, 0.15) is 5.56 Å².